The summed E-state index contributed by atoms with van der Waals surface area (Å²) in [5.74, 6) is -0.751. The van der Waals surface area contributed by atoms with Crippen LogP contribution in [-0.4, -0.2) is 22.1 Å². The van der Waals surface area contributed by atoms with E-state index in [1.165, 1.54) is 10.8 Å². The molecular formula is C15H16N2O4. The second kappa shape index (κ2) is 5.78. The first kappa shape index (κ1) is 14.8. The molecule has 0 saturated heterocycles. The first-order valence-electron chi connectivity index (χ1n) is 6.55. The third kappa shape index (κ3) is 2.79. The maximum Gasteiger partial charge on any atom is 0.345 e. The summed E-state index contributed by atoms with van der Waals surface area (Å²) >= 11 is 0. The molecule has 0 saturated carbocycles. The number of H-pyrrole nitrogens is 1. The second-order valence-corrected chi connectivity index (χ2v) is 4.63. The van der Waals surface area contributed by atoms with Crippen LogP contribution in [0.1, 0.15) is 28.4 Å². The fraction of sp³-hybridized carbons (Fsp3) is 0.267. The summed E-state index contributed by atoms with van der Waals surface area (Å²) in [5, 5.41) is 0. The number of nitrogens with zero attached hydrogens (tertiary/aromatic N) is 1. The standard InChI is InChI=1S/C15H16N2O4/c1-4-21-14(19)11-8-17(15(20)16-13(11)18)12-9(2)6-5-7-10(12)3/h5-8H,4H2,1-3H3,(H,16,18,20). The van der Waals surface area contributed by atoms with E-state index < -0.39 is 17.2 Å². The van der Waals surface area contributed by atoms with Gasteiger partial charge in [0.2, 0.25) is 0 Å². The molecule has 0 unspecified atom stereocenters. The summed E-state index contributed by atoms with van der Waals surface area (Å²) in [7, 11) is 0. The van der Waals surface area contributed by atoms with E-state index in [0.717, 1.165) is 11.1 Å². The fourth-order valence-corrected chi connectivity index (χ4v) is 2.18. The van der Waals surface area contributed by atoms with Crippen molar-refractivity contribution in [3.8, 4) is 5.69 Å². The Morgan fingerprint density at radius 2 is 1.86 bits per heavy atom. The zero-order valence-corrected chi connectivity index (χ0v) is 12.1. The number of aryl methyl sites for hydroxylation is 2. The van der Waals surface area contributed by atoms with Gasteiger partial charge in [-0.25, -0.2) is 9.59 Å². The fourth-order valence-electron chi connectivity index (χ4n) is 2.18. The molecule has 1 aromatic carbocycles. The quantitative estimate of drug-likeness (QED) is 0.864. The SMILES string of the molecule is CCOC(=O)c1cn(-c2c(C)cccc2C)c(=O)[nH]c1=O. The van der Waals surface area contributed by atoms with E-state index >= 15 is 0 Å². The summed E-state index contributed by atoms with van der Waals surface area (Å²) in [6, 6.07) is 5.57. The van der Waals surface area contributed by atoms with E-state index in [2.05, 4.69) is 4.98 Å². The topological polar surface area (TPSA) is 81.2 Å². The van der Waals surface area contributed by atoms with Crippen LogP contribution >= 0.6 is 0 Å². The van der Waals surface area contributed by atoms with Gasteiger partial charge in [-0.1, -0.05) is 18.2 Å². The van der Waals surface area contributed by atoms with Crippen molar-refractivity contribution in [3.05, 3.63) is 61.9 Å². The van der Waals surface area contributed by atoms with Crippen molar-refractivity contribution in [2.24, 2.45) is 0 Å². The molecule has 0 atom stereocenters. The first-order chi connectivity index (χ1) is 9.95. The number of hydrogen-bond acceptors (Lipinski definition) is 4. The second-order valence-electron chi connectivity index (χ2n) is 4.63. The molecule has 6 heteroatoms. The average Bonchev–Trinajstić information content (AvgIpc) is 2.41. The van der Waals surface area contributed by atoms with E-state index in [1.54, 1.807) is 6.92 Å². The number of para-hydroxylation sites is 1. The lowest BCUT2D eigenvalue weighted by atomic mass is 10.1. The highest BCUT2D eigenvalue weighted by atomic mass is 16.5. The van der Waals surface area contributed by atoms with Gasteiger partial charge in [0.05, 0.1) is 12.3 Å². The molecule has 0 bridgehead atoms. The van der Waals surface area contributed by atoms with Gasteiger partial charge < -0.3 is 4.74 Å². The van der Waals surface area contributed by atoms with E-state index in [4.69, 9.17) is 4.74 Å². The Kier molecular flexibility index (Phi) is 4.07. The summed E-state index contributed by atoms with van der Waals surface area (Å²) in [6.45, 7) is 5.50. The minimum atomic E-state index is -0.751. The van der Waals surface area contributed by atoms with Gasteiger partial charge in [0.25, 0.3) is 5.56 Å². The van der Waals surface area contributed by atoms with Crippen molar-refractivity contribution < 1.29 is 9.53 Å². The molecular weight excluding hydrogens is 272 g/mol. The summed E-state index contributed by atoms with van der Waals surface area (Å²) in [5.41, 5.74) is 0.827. The maximum atomic E-state index is 12.0. The molecule has 6 nitrogen and oxygen atoms in total. The van der Waals surface area contributed by atoms with Gasteiger partial charge in [-0.2, -0.15) is 0 Å². The Labute approximate surface area is 121 Å². The lowest BCUT2D eigenvalue weighted by molar-refractivity contribution is 0.0523. The third-order valence-corrected chi connectivity index (χ3v) is 3.12. The number of aromatic nitrogens is 2. The number of rotatable bonds is 3. The zero-order chi connectivity index (χ0) is 15.6. The number of carbonyl (C=O) groups is 1. The van der Waals surface area contributed by atoms with E-state index in [1.807, 2.05) is 32.0 Å². The number of carbonyl (C=O) groups excluding carboxylic acids is 1. The Morgan fingerprint density at radius 3 is 2.43 bits per heavy atom. The largest absolute Gasteiger partial charge is 0.462 e. The molecule has 0 spiro atoms. The number of ether oxygens (including phenoxy) is 1. The molecule has 0 radical (unpaired) electrons. The molecule has 110 valence electrons. The highest BCUT2D eigenvalue weighted by molar-refractivity contribution is 5.88. The van der Waals surface area contributed by atoms with Gasteiger partial charge in [-0.15, -0.1) is 0 Å². The minimum Gasteiger partial charge on any atom is -0.462 e. The molecule has 1 heterocycles. The Hall–Kier alpha value is -2.63. The number of benzene rings is 1. The normalized spacial score (nSPS) is 10.4. The highest BCUT2D eigenvalue weighted by Gasteiger charge is 2.16. The van der Waals surface area contributed by atoms with Crippen LogP contribution in [0.3, 0.4) is 0 Å². The minimum absolute atomic E-state index is 0.154. The van der Waals surface area contributed by atoms with Crippen molar-refractivity contribution in [2.45, 2.75) is 20.8 Å². The lowest BCUT2D eigenvalue weighted by Gasteiger charge is -2.12. The van der Waals surface area contributed by atoms with Crippen molar-refractivity contribution in [3.63, 3.8) is 0 Å². The predicted octanol–water partition coefficient (Wildman–Crippen LogP) is 1.32. The Bertz CT molecular complexity index is 782. The van der Waals surface area contributed by atoms with E-state index in [0.29, 0.717) is 5.69 Å². The van der Waals surface area contributed by atoms with Crippen LogP contribution in [0.25, 0.3) is 5.69 Å². The van der Waals surface area contributed by atoms with Crippen LogP contribution in [0.4, 0.5) is 0 Å². The van der Waals surface area contributed by atoms with Crippen LogP contribution in [0, 0.1) is 13.8 Å². The molecule has 21 heavy (non-hydrogen) atoms. The Morgan fingerprint density at radius 1 is 1.24 bits per heavy atom. The van der Waals surface area contributed by atoms with Crippen molar-refractivity contribution in [1.82, 2.24) is 9.55 Å². The van der Waals surface area contributed by atoms with E-state index in [-0.39, 0.29) is 12.2 Å². The van der Waals surface area contributed by atoms with Crippen LogP contribution in [0.2, 0.25) is 0 Å². The summed E-state index contributed by atoms with van der Waals surface area (Å²) < 4.78 is 6.09. The maximum absolute atomic E-state index is 12.0. The van der Waals surface area contributed by atoms with Crippen LogP contribution in [0.15, 0.2) is 34.0 Å². The monoisotopic (exact) mass is 288 g/mol. The number of hydrogen-bond donors (Lipinski definition) is 1. The zero-order valence-electron chi connectivity index (χ0n) is 12.1. The molecule has 0 aliphatic heterocycles. The number of aromatic amines is 1. The molecule has 0 fully saturated rings. The van der Waals surface area contributed by atoms with Gasteiger partial charge in [0.1, 0.15) is 5.56 Å². The Balaban J connectivity index is 2.71. The van der Waals surface area contributed by atoms with E-state index in [9.17, 15) is 14.4 Å². The van der Waals surface area contributed by atoms with Crippen molar-refractivity contribution in [1.29, 1.82) is 0 Å². The molecule has 0 amide bonds. The molecule has 2 rings (SSSR count). The summed E-state index contributed by atoms with van der Waals surface area (Å²) in [4.78, 5) is 37.7. The van der Waals surface area contributed by atoms with Crippen molar-refractivity contribution >= 4 is 5.97 Å². The van der Waals surface area contributed by atoms with Gasteiger partial charge in [0.15, 0.2) is 0 Å². The molecule has 1 N–H and O–H groups in total. The molecule has 1 aromatic heterocycles. The van der Waals surface area contributed by atoms with Gasteiger partial charge >= 0.3 is 11.7 Å². The van der Waals surface area contributed by atoms with Crippen LogP contribution in [-0.2, 0) is 4.74 Å². The van der Waals surface area contributed by atoms with Gasteiger partial charge in [0, 0.05) is 6.20 Å². The van der Waals surface area contributed by atoms with Gasteiger partial charge in [-0.05, 0) is 31.9 Å². The number of nitrogens with one attached hydrogen (secondary N) is 1. The van der Waals surface area contributed by atoms with Gasteiger partial charge in [-0.3, -0.25) is 14.3 Å². The first-order valence-corrected chi connectivity index (χ1v) is 6.55. The lowest BCUT2D eigenvalue weighted by Crippen LogP contribution is -2.33. The van der Waals surface area contributed by atoms with Crippen LogP contribution < -0.4 is 11.2 Å². The predicted molar refractivity (Wildman–Crippen MR) is 78.1 cm³/mol. The number of esters is 1. The summed E-state index contributed by atoms with van der Waals surface area (Å²) in [6.07, 6.45) is 1.23. The van der Waals surface area contributed by atoms with Crippen LogP contribution in [0.5, 0.6) is 0 Å². The highest BCUT2D eigenvalue weighted by Crippen LogP contribution is 2.16. The molecule has 0 aliphatic rings. The van der Waals surface area contributed by atoms with Crippen molar-refractivity contribution in [2.75, 3.05) is 6.61 Å². The smallest absolute Gasteiger partial charge is 0.345 e. The third-order valence-electron chi connectivity index (χ3n) is 3.12. The molecule has 2 aromatic rings. The average molecular weight is 288 g/mol. The molecule has 0 aliphatic carbocycles.